The molecule has 0 saturated carbocycles. The standard InChI is InChI=1S/C8H12O2.U/c1-3-9-7(2)8-5-4-6-10-8;/h3,5,7-8H,1-2,4,6H2;/q-2;+2. The van der Waals surface area contributed by atoms with Crippen LogP contribution in [-0.2, 0) is 9.47 Å². The van der Waals surface area contributed by atoms with Gasteiger partial charge in [0.25, 0.3) is 0 Å². The Bertz CT molecular complexity index is 111. The van der Waals surface area contributed by atoms with Crippen molar-refractivity contribution in [2.24, 2.45) is 0 Å². The van der Waals surface area contributed by atoms with Gasteiger partial charge in [0.05, 0.1) is 6.26 Å². The first-order valence-electron chi connectivity index (χ1n) is 3.39. The van der Waals surface area contributed by atoms with Gasteiger partial charge in [-0.2, -0.15) is 6.42 Å². The zero-order chi connectivity index (χ0) is 7.40. The second-order valence-corrected chi connectivity index (χ2v) is 2.20. The van der Waals surface area contributed by atoms with Gasteiger partial charge in [0.15, 0.2) is 0 Å². The van der Waals surface area contributed by atoms with Crippen LogP contribution in [0.15, 0.2) is 12.8 Å². The molecule has 1 aliphatic rings. The first-order chi connectivity index (χ1) is 4.84. The van der Waals surface area contributed by atoms with Gasteiger partial charge in [-0.25, -0.2) is 0 Å². The molecule has 0 aromatic carbocycles. The Morgan fingerprint density at radius 2 is 2.55 bits per heavy atom. The van der Waals surface area contributed by atoms with Crippen molar-refractivity contribution in [2.45, 2.75) is 18.6 Å². The maximum absolute atomic E-state index is 5.28. The van der Waals surface area contributed by atoms with E-state index < -0.39 is 0 Å². The summed E-state index contributed by atoms with van der Waals surface area (Å²) in [4.78, 5) is 0. The second-order valence-electron chi connectivity index (χ2n) is 2.20. The minimum Gasteiger partial charge on any atom is -0.531 e. The summed E-state index contributed by atoms with van der Waals surface area (Å²) in [6.07, 6.45) is 4.38. The van der Waals surface area contributed by atoms with Crippen molar-refractivity contribution in [3.63, 3.8) is 0 Å². The molecule has 1 saturated heterocycles. The third kappa shape index (κ3) is 3.64. The summed E-state index contributed by atoms with van der Waals surface area (Å²) in [5, 5.41) is 0. The normalized spacial score (nSPS) is 25.4. The molecule has 0 N–H and O–H groups in total. The van der Waals surface area contributed by atoms with Crippen LogP contribution in [0.5, 0.6) is 0 Å². The predicted molar refractivity (Wildman–Crippen MR) is 39.1 cm³/mol. The number of hydrogen-bond acceptors (Lipinski definition) is 2. The first kappa shape index (κ1) is 11.6. The van der Waals surface area contributed by atoms with Gasteiger partial charge in [-0.1, -0.05) is 12.7 Å². The van der Waals surface area contributed by atoms with E-state index in [9.17, 15) is 0 Å². The molecule has 0 aliphatic carbocycles. The summed E-state index contributed by atoms with van der Waals surface area (Å²) in [5.74, 6) is 0. The average molecular weight is 378 g/mol. The van der Waals surface area contributed by atoms with E-state index in [2.05, 4.69) is 19.9 Å². The van der Waals surface area contributed by atoms with E-state index in [1.165, 1.54) is 6.26 Å². The summed E-state index contributed by atoms with van der Waals surface area (Å²) >= 11 is 0. The Kier molecular flexibility index (Phi) is 6.42. The van der Waals surface area contributed by atoms with Crippen LogP contribution in [0, 0.1) is 44.5 Å². The van der Waals surface area contributed by atoms with E-state index in [0.29, 0.717) is 0 Å². The summed E-state index contributed by atoms with van der Waals surface area (Å²) < 4.78 is 10.3. The molecule has 11 heavy (non-hydrogen) atoms. The number of rotatable bonds is 3. The zero-order valence-electron chi connectivity index (χ0n) is 6.45. The molecule has 0 radical (unpaired) electrons. The molecule has 3 heteroatoms. The van der Waals surface area contributed by atoms with Crippen LogP contribution in [0.25, 0.3) is 0 Å². The summed E-state index contributed by atoms with van der Waals surface area (Å²) in [6.45, 7) is 7.99. The van der Waals surface area contributed by atoms with Crippen molar-refractivity contribution in [1.29, 1.82) is 0 Å². The van der Waals surface area contributed by atoms with Crippen molar-refractivity contribution < 1.29 is 40.6 Å². The van der Waals surface area contributed by atoms with Gasteiger partial charge < -0.3 is 16.4 Å². The van der Waals surface area contributed by atoms with E-state index in [1.54, 1.807) is 0 Å². The van der Waals surface area contributed by atoms with Crippen LogP contribution in [0.3, 0.4) is 0 Å². The van der Waals surface area contributed by atoms with Gasteiger partial charge in [-0.3, -0.25) is 6.42 Å². The molecular formula is C8H12O2U. The Balaban J connectivity index is 0.000001000. The molecule has 60 valence electrons. The van der Waals surface area contributed by atoms with Crippen molar-refractivity contribution in [1.82, 2.24) is 0 Å². The molecule has 2 atom stereocenters. The van der Waals surface area contributed by atoms with Crippen LogP contribution in [-0.4, -0.2) is 18.8 Å². The smallest absolute Gasteiger partial charge is 0.531 e. The first-order valence-corrected chi connectivity index (χ1v) is 3.39. The van der Waals surface area contributed by atoms with Gasteiger partial charge >= 0.3 is 31.1 Å². The van der Waals surface area contributed by atoms with Gasteiger partial charge in [-0.15, -0.1) is 0 Å². The fourth-order valence-electron chi connectivity index (χ4n) is 0.965. The second kappa shape index (κ2) is 6.11. The average Bonchev–Trinajstić information content (AvgIpc) is 2.38. The third-order valence-electron chi connectivity index (χ3n) is 1.46. The van der Waals surface area contributed by atoms with E-state index in [-0.39, 0.29) is 43.3 Å². The SMILES string of the molecule is C=COC([CH2-])C1[CH-]CCO1.[U+2]. The minimum absolute atomic E-state index is 0. The maximum atomic E-state index is 5.28. The van der Waals surface area contributed by atoms with Crippen LogP contribution in [0.2, 0.25) is 0 Å². The van der Waals surface area contributed by atoms with Gasteiger partial charge in [0.1, 0.15) is 0 Å². The molecule has 0 bridgehead atoms. The van der Waals surface area contributed by atoms with E-state index >= 15 is 0 Å². The molecule has 0 amide bonds. The molecule has 0 spiro atoms. The zero-order valence-corrected chi connectivity index (χ0v) is 10.6. The molecule has 2 unspecified atom stereocenters. The summed E-state index contributed by atoms with van der Waals surface area (Å²) in [6, 6.07) is 0. The van der Waals surface area contributed by atoms with Crippen LogP contribution in [0.4, 0.5) is 0 Å². The van der Waals surface area contributed by atoms with Gasteiger partial charge in [0, 0.05) is 6.61 Å². The van der Waals surface area contributed by atoms with Crippen molar-refractivity contribution in [3.8, 4) is 0 Å². The summed E-state index contributed by atoms with van der Waals surface area (Å²) in [5.41, 5.74) is 0. The van der Waals surface area contributed by atoms with Crippen LogP contribution >= 0.6 is 0 Å². The van der Waals surface area contributed by atoms with E-state index in [4.69, 9.17) is 9.47 Å². The van der Waals surface area contributed by atoms with Crippen molar-refractivity contribution in [3.05, 3.63) is 26.2 Å². The monoisotopic (exact) mass is 378 g/mol. The molecule has 1 fully saturated rings. The molecule has 0 aromatic rings. The van der Waals surface area contributed by atoms with Crippen LogP contribution < -0.4 is 0 Å². The molecule has 1 rings (SSSR count). The topological polar surface area (TPSA) is 18.5 Å². The summed E-state index contributed by atoms with van der Waals surface area (Å²) in [7, 11) is 0. The Hall–Kier alpha value is 0.552. The molecular weight excluding hydrogens is 366 g/mol. The number of ether oxygens (including phenoxy) is 2. The van der Waals surface area contributed by atoms with E-state index in [0.717, 1.165) is 13.0 Å². The Labute approximate surface area is 91.7 Å². The Morgan fingerprint density at radius 3 is 3.00 bits per heavy atom. The molecule has 2 nitrogen and oxygen atoms in total. The molecule has 1 aliphatic heterocycles. The van der Waals surface area contributed by atoms with Crippen molar-refractivity contribution in [2.75, 3.05) is 6.61 Å². The van der Waals surface area contributed by atoms with Crippen LogP contribution in [0.1, 0.15) is 6.42 Å². The minimum atomic E-state index is -0.139. The predicted octanol–water partition coefficient (Wildman–Crippen LogP) is 1.34. The van der Waals surface area contributed by atoms with Crippen molar-refractivity contribution >= 4 is 0 Å². The van der Waals surface area contributed by atoms with Gasteiger partial charge in [-0.05, 0) is 6.10 Å². The van der Waals surface area contributed by atoms with Gasteiger partial charge in [0.2, 0.25) is 0 Å². The maximum Gasteiger partial charge on any atom is 2.00 e. The molecule has 0 aromatic heterocycles. The third-order valence-corrected chi connectivity index (χ3v) is 1.46. The fourth-order valence-corrected chi connectivity index (χ4v) is 0.965. The Morgan fingerprint density at radius 1 is 1.82 bits per heavy atom. The fraction of sp³-hybridized carbons (Fsp3) is 0.500. The van der Waals surface area contributed by atoms with E-state index in [1.807, 2.05) is 0 Å². The largest absolute Gasteiger partial charge is 2.00 e. The quantitative estimate of drug-likeness (QED) is 0.545. The molecule has 1 heterocycles. The number of hydrogen-bond donors (Lipinski definition) is 0.